The number of carbonyl (C=O) groups is 3. The molecule has 0 saturated carbocycles. The van der Waals surface area contributed by atoms with Crippen LogP contribution in [0.5, 0.6) is 0 Å². The smallest absolute Gasteiger partial charge is 0.436 e. The Labute approximate surface area is 193 Å². The number of carbonyl (C=O) groups excluding carboxylic acids is 2. The minimum Gasteiger partial charge on any atom is -0.477 e. The molecular weight excluding hydrogens is 460 g/mol. The summed E-state index contributed by atoms with van der Waals surface area (Å²) in [5.41, 5.74) is 1.40. The number of aromatic carboxylic acids is 1. The first kappa shape index (κ1) is 23.5. The number of benzene rings is 1. The lowest BCUT2D eigenvalue weighted by Crippen LogP contribution is -2.36. The fraction of sp³-hybridized carbons (Fsp3) is 0.300. The van der Waals surface area contributed by atoms with Crippen LogP contribution in [-0.4, -0.2) is 65.8 Å². The molecule has 0 aliphatic carbocycles. The van der Waals surface area contributed by atoms with Crippen molar-refractivity contribution in [2.75, 3.05) is 43.1 Å². The van der Waals surface area contributed by atoms with E-state index >= 15 is 0 Å². The largest absolute Gasteiger partial charge is 0.477 e. The molecule has 32 heavy (non-hydrogen) atoms. The molecular formula is C20H21ClN4O6S. The van der Waals surface area contributed by atoms with Crippen molar-refractivity contribution in [2.45, 2.75) is 6.92 Å². The molecule has 1 saturated heterocycles. The van der Waals surface area contributed by atoms with Gasteiger partial charge in [0.25, 0.3) is 5.91 Å². The van der Waals surface area contributed by atoms with E-state index in [1.165, 1.54) is 6.07 Å². The van der Waals surface area contributed by atoms with Gasteiger partial charge in [-0.2, -0.15) is 4.68 Å². The summed E-state index contributed by atoms with van der Waals surface area (Å²) in [6.07, 6.45) is -0.748. The molecule has 3 aromatic rings. The Kier molecular flexibility index (Phi) is 7.33. The van der Waals surface area contributed by atoms with Crippen LogP contribution < -0.4 is 10.2 Å². The number of anilines is 2. The minimum absolute atomic E-state index is 0. The Hall–Kier alpha value is -3.15. The first-order valence-electron chi connectivity index (χ1n) is 9.65. The van der Waals surface area contributed by atoms with Gasteiger partial charge in [0, 0.05) is 24.3 Å². The predicted molar refractivity (Wildman–Crippen MR) is 122 cm³/mol. The maximum Gasteiger partial charge on any atom is 0.436 e. The zero-order valence-corrected chi connectivity index (χ0v) is 18.7. The predicted octanol–water partition coefficient (Wildman–Crippen LogP) is 3.31. The molecule has 2 N–H and O–H groups in total. The number of nitrogens with zero attached hydrogens (tertiary/aromatic N) is 3. The van der Waals surface area contributed by atoms with Crippen LogP contribution in [0.4, 0.5) is 16.3 Å². The molecule has 4 rings (SSSR count). The van der Waals surface area contributed by atoms with Crippen molar-refractivity contribution in [1.82, 2.24) is 9.78 Å². The van der Waals surface area contributed by atoms with E-state index < -0.39 is 18.0 Å². The average molecular weight is 481 g/mol. The number of halogens is 1. The van der Waals surface area contributed by atoms with Gasteiger partial charge < -0.3 is 24.8 Å². The fourth-order valence-corrected chi connectivity index (χ4v) is 4.18. The van der Waals surface area contributed by atoms with Crippen molar-refractivity contribution in [3.8, 4) is 0 Å². The summed E-state index contributed by atoms with van der Waals surface area (Å²) < 4.78 is 11.3. The average Bonchev–Trinajstić information content (AvgIpc) is 3.35. The molecule has 1 amide bonds. The number of nitrogens with one attached hydrogen (secondary N) is 1. The zero-order chi connectivity index (χ0) is 22.0. The van der Waals surface area contributed by atoms with Crippen molar-refractivity contribution in [1.29, 1.82) is 0 Å². The minimum atomic E-state index is -1.13. The summed E-state index contributed by atoms with van der Waals surface area (Å²) in [4.78, 5) is 38.8. The van der Waals surface area contributed by atoms with Gasteiger partial charge in [0.15, 0.2) is 5.82 Å². The lowest BCUT2D eigenvalue weighted by Gasteiger charge is -2.28. The third-order valence-electron chi connectivity index (χ3n) is 4.75. The van der Waals surface area contributed by atoms with Crippen molar-refractivity contribution in [3.63, 3.8) is 0 Å². The molecule has 0 spiro atoms. The van der Waals surface area contributed by atoms with Crippen LogP contribution in [0.1, 0.15) is 27.0 Å². The number of amides is 1. The zero-order valence-electron chi connectivity index (χ0n) is 17.1. The maximum absolute atomic E-state index is 12.8. The summed E-state index contributed by atoms with van der Waals surface area (Å²) in [5.74, 6) is -1.46. The number of morpholine rings is 1. The Morgan fingerprint density at radius 1 is 1.22 bits per heavy atom. The van der Waals surface area contributed by atoms with Gasteiger partial charge in [-0.05, 0) is 37.3 Å². The van der Waals surface area contributed by atoms with Gasteiger partial charge in [-0.15, -0.1) is 28.8 Å². The molecule has 10 nitrogen and oxygen atoms in total. The third kappa shape index (κ3) is 4.69. The lowest BCUT2D eigenvalue weighted by atomic mass is 10.1. The standard InChI is InChI=1S/C20H20N4O6S.ClH/c1-2-30-20(28)24-18-14(11-15(31-18)19(26)27)16(22-24)21-17(25)12-3-5-13(6-4-12)23-7-9-29-10-8-23;/h3-6,11H,2,7-10H2,1H3,(H,26,27)(H,21,22,25);1H. The number of rotatable bonds is 5. The lowest BCUT2D eigenvalue weighted by molar-refractivity contribution is 0.0702. The van der Waals surface area contributed by atoms with E-state index in [0.717, 1.165) is 34.8 Å². The molecule has 0 radical (unpaired) electrons. The maximum atomic E-state index is 12.8. The van der Waals surface area contributed by atoms with E-state index in [1.54, 1.807) is 19.1 Å². The van der Waals surface area contributed by atoms with E-state index in [0.29, 0.717) is 24.2 Å². The van der Waals surface area contributed by atoms with E-state index in [2.05, 4.69) is 15.3 Å². The highest BCUT2D eigenvalue weighted by atomic mass is 35.5. The fourth-order valence-electron chi connectivity index (χ4n) is 3.24. The van der Waals surface area contributed by atoms with Crippen molar-refractivity contribution >= 4 is 63.4 Å². The summed E-state index contributed by atoms with van der Waals surface area (Å²) in [6, 6.07) is 8.51. The van der Waals surface area contributed by atoms with Gasteiger partial charge in [-0.1, -0.05) is 0 Å². The van der Waals surface area contributed by atoms with E-state index in [-0.39, 0.29) is 34.5 Å². The van der Waals surface area contributed by atoms with E-state index in [9.17, 15) is 19.5 Å². The van der Waals surface area contributed by atoms with E-state index in [4.69, 9.17) is 9.47 Å². The highest BCUT2D eigenvalue weighted by Crippen LogP contribution is 2.32. The monoisotopic (exact) mass is 480 g/mol. The van der Waals surface area contributed by atoms with Crippen molar-refractivity contribution < 1.29 is 29.0 Å². The number of aromatic nitrogens is 2. The highest BCUT2D eigenvalue weighted by Gasteiger charge is 2.23. The third-order valence-corrected chi connectivity index (χ3v) is 5.85. The summed E-state index contributed by atoms with van der Waals surface area (Å²) in [7, 11) is 0. The number of hydrogen-bond donors (Lipinski definition) is 2. The number of carboxylic acids is 1. The molecule has 1 aromatic carbocycles. The Bertz CT molecular complexity index is 1140. The number of fused-ring (bicyclic) bond motifs is 1. The van der Waals surface area contributed by atoms with Crippen LogP contribution in [0.15, 0.2) is 30.3 Å². The molecule has 0 atom stereocenters. The van der Waals surface area contributed by atoms with Crippen LogP contribution in [0, 0.1) is 0 Å². The second-order valence-electron chi connectivity index (χ2n) is 6.69. The van der Waals surface area contributed by atoms with E-state index in [1.807, 2.05) is 12.1 Å². The number of ether oxygens (including phenoxy) is 2. The van der Waals surface area contributed by atoms with Gasteiger partial charge in [-0.3, -0.25) is 4.79 Å². The SMILES string of the molecule is CCOC(=O)n1nc(NC(=O)c2ccc(N3CCOCC3)cc2)c2cc(C(=O)O)sc21.Cl. The molecule has 1 fully saturated rings. The number of carboxylic acid groups (broad SMARTS) is 1. The van der Waals surface area contributed by atoms with Crippen LogP contribution >= 0.6 is 23.7 Å². The highest BCUT2D eigenvalue weighted by molar-refractivity contribution is 7.20. The topological polar surface area (TPSA) is 123 Å². The van der Waals surface area contributed by atoms with Gasteiger partial charge in [0.2, 0.25) is 0 Å². The molecule has 1 aliphatic rings. The summed E-state index contributed by atoms with van der Waals surface area (Å²) >= 11 is 0.881. The van der Waals surface area contributed by atoms with Gasteiger partial charge in [-0.25, -0.2) is 9.59 Å². The molecule has 0 bridgehead atoms. The molecule has 170 valence electrons. The Balaban J connectivity index is 0.00000289. The van der Waals surface area contributed by atoms with Gasteiger partial charge in [0.1, 0.15) is 9.71 Å². The second-order valence-corrected chi connectivity index (χ2v) is 7.73. The van der Waals surface area contributed by atoms with Crippen molar-refractivity contribution in [2.24, 2.45) is 0 Å². The summed E-state index contributed by atoms with van der Waals surface area (Å²) in [6.45, 7) is 4.70. The Morgan fingerprint density at radius 2 is 1.91 bits per heavy atom. The quantitative estimate of drug-likeness (QED) is 0.570. The first-order chi connectivity index (χ1) is 15.0. The number of hydrogen-bond acceptors (Lipinski definition) is 8. The molecule has 2 aromatic heterocycles. The number of thiophene rings is 1. The van der Waals surface area contributed by atoms with Gasteiger partial charge in [0.05, 0.1) is 25.2 Å². The molecule has 1 aliphatic heterocycles. The first-order valence-corrected chi connectivity index (χ1v) is 10.5. The van der Waals surface area contributed by atoms with Gasteiger partial charge >= 0.3 is 12.1 Å². The van der Waals surface area contributed by atoms with Crippen LogP contribution in [0.2, 0.25) is 0 Å². The molecule has 0 unspecified atom stereocenters. The normalized spacial score (nSPS) is 13.5. The van der Waals surface area contributed by atoms with Crippen LogP contribution in [0.3, 0.4) is 0 Å². The summed E-state index contributed by atoms with van der Waals surface area (Å²) in [5, 5.41) is 16.4. The molecule has 12 heteroatoms. The van der Waals surface area contributed by atoms with Crippen LogP contribution in [0.25, 0.3) is 10.2 Å². The second kappa shape index (κ2) is 9.98. The molecule has 3 heterocycles. The van der Waals surface area contributed by atoms with Crippen LogP contribution in [-0.2, 0) is 9.47 Å². The Morgan fingerprint density at radius 3 is 2.53 bits per heavy atom. The van der Waals surface area contributed by atoms with Crippen molar-refractivity contribution in [3.05, 3.63) is 40.8 Å².